The largest absolute Gasteiger partial charge is 0.435 e. The van der Waals surface area contributed by atoms with Gasteiger partial charge < -0.3 is 10.6 Å². The summed E-state index contributed by atoms with van der Waals surface area (Å²) in [6.07, 6.45) is -2.50. The van der Waals surface area contributed by atoms with E-state index in [1.54, 1.807) is 0 Å². The summed E-state index contributed by atoms with van der Waals surface area (Å²) in [5.41, 5.74) is -1.28. The second-order valence-electron chi connectivity index (χ2n) is 7.72. The highest BCUT2D eigenvalue weighted by Crippen LogP contribution is 2.29. The minimum Gasteiger partial charge on any atom is -0.355 e. The molecule has 33 heavy (non-hydrogen) atoms. The molecule has 2 aromatic rings. The summed E-state index contributed by atoms with van der Waals surface area (Å²) in [4.78, 5) is 23.6. The summed E-state index contributed by atoms with van der Waals surface area (Å²) in [6, 6.07) is 5.63. The van der Waals surface area contributed by atoms with E-state index in [0.29, 0.717) is 25.5 Å². The topological polar surface area (TPSA) is 113 Å². The number of carbonyl (C=O) groups excluding carboxylic acids is 2. The molecule has 2 heterocycles. The molecule has 2 amide bonds. The standard InChI is InChI=1S/C20H24F3N5O4S/c1-13(29)24-12-15-5-3-4-10-28(15)33(31,32)16-8-6-14(7-9-16)25-19(30)17-11-18(20(21,22)23)26-27(17)2/h6-9,11,15H,3-5,10,12H2,1-2H3,(H,24,29)(H,25,30). The molecule has 1 saturated heterocycles. The van der Waals surface area contributed by atoms with Crippen LogP contribution < -0.4 is 10.6 Å². The molecule has 0 spiro atoms. The van der Waals surface area contributed by atoms with Gasteiger partial charge in [-0.15, -0.1) is 0 Å². The molecular formula is C20H24F3N5O4S. The van der Waals surface area contributed by atoms with Crippen LogP contribution in [0.1, 0.15) is 42.4 Å². The van der Waals surface area contributed by atoms with Gasteiger partial charge in [-0.05, 0) is 37.1 Å². The highest BCUT2D eigenvalue weighted by molar-refractivity contribution is 7.89. The minimum atomic E-state index is -4.68. The van der Waals surface area contributed by atoms with Crippen molar-refractivity contribution in [3.63, 3.8) is 0 Å². The van der Waals surface area contributed by atoms with E-state index in [4.69, 9.17) is 0 Å². The quantitative estimate of drug-likeness (QED) is 0.650. The molecule has 13 heteroatoms. The number of benzene rings is 1. The molecule has 1 fully saturated rings. The van der Waals surface area contributed by atoms with Gasteiger partial charge in [0.15, 0.2) is 5.69 Å². The van der Waals surface area contributed by atoms with E-state index in [-0.39, 0.29) is 34.8 Å². The van der Waals surface area contributed by atoms with Crippen LogP contribution in [0.3, 0.4) is 0 Å². The number of hydrogen-bond acceptors (Lipinski definition) is 5. The fourth-order valence-electron chi connectivity index (χ4n) is 3.62. The van der Waals surface area contributed by atoms with E-state index >= 15 is 0 Å². The Hall–Kier alpha value is -2.93. The summed E-state index contributed by atoms with van der Waals surface area (Å²) >= 11 is 0. The number of nitrogens with one attached hydrogen (secondary N) is 2. The number of sulfonamides is 1. The lowest BCUT2D eigenvalue weighted by atomic mass is 10.1. The lowest BCUT2D eigenvalue weighted by Gasteiger charge is -2.34. The highest BCUT2D eigenvalue weighted by atomic mass is 32.2. The van der Waals surface area contributed by atoms with Crippen LogP contribution in [0.15, 0.2) is 35.2 Å². The zero-order valence-corrected chi connectivity index (χ0v) is 18.8. The smallest absolute Gasteiger partial charge is 0.355 e. The number of hydrogen-bond donors (Lipinski definition) is 2. The first-order chi connectivity index (χ1) is 15.4. The number of alkyl halides is 3. The van der Waals surface area contributed by atoms with Crippen LogP contribution in [0.2, 0.25) is 0 Å². The van der Waals surface area contributed by atoms with Gasteiger partial charge in [0.05, 0.1) is 4.90 Å². The average Bonchev–Trinajstić information content (AvgIpc) is 3.15. The van der Waals surface area contributed by atoms with Gasteiger partial charge in [0.25, 0.3) is 5.91 Å². The van der Waals surface area contributed by atoms with Crippen molar-refractivity contribution in [2.24, 2.45) is 7.05 Å². The molecule has 1 atom stereocenters. The summed E-state index contributed by atoms with van der Waals surface area (Å²) < 4.78 is 66.9. The molecule has 1 aromatic carbocycles. The molecule has 1 aliphatic rings. The predicted molar refractivity (Wildman–Crippen MR) is 113 cm³/mol. The second-order valence-corrected chi connectivity index (χ2v) is 9.61. The first kappa shape index (κ1) is 24.7. The second kappa shape index (κ2) is 9.51. The van der Waals surface area contributed by atoms with E-state index in [2.05, 4.69) is 15.7 Å². The fourth-order valence-corrected chi connectivity index (χ4v) is 5.31. The van der Waals surface area contributed by atoms with Crippen molar-refractivity contribution in [3.05, 3.63) is 41.7 Å². The molecule has 0 bridgehead atoms. The van der Waals surface area contributed by atoms with Crippen molar-refractivity contribution in [1.82, 2.24) is 19.4 Å². The van der Waals surface area contributed by atoms with Gasteiger partial charge in [-0.3, -0.25) is 14.3 Å². The van der Waals surface area contributed by atoms with E-state index in [1.165, 1.54) is 42.5 Å². The van der Waals surface area contributed by atoms with Crippen LogP contribution >= 0.6 is 0 Å². The first-order valence-electron chi connectivity index (χ1n) is 10.2. The number of carbonyl (C=O) groups is 2. The van der Waals surface area contributed by atoms with E-state index < -0.39 is 27.8 Å². The summed E-state index contributed by atoms with van der Waals surface area (Å²) in [5.74, 6) is -1.06. The molecular weight excluding hydrogens is 463 g/mol. The Labute approximate surface area is 189 Å². The summed E-state index contributed by atoms with van der Waals surface area (Å²) in [5, 5.41) is 8.40. The Kier molecular flexibility index (Phi) is 7.12. The molecule has 1 aliphatic heterocycles. The van der Waals surface area contributed by atoms with Gasteiger partial charge in [0, 0.05) is 44.9 Å². The van der Waals surface area contributed by atoms with Gasteiger partial charge in [0.1, 0.15) is 5.69 Å². The summed E-state index contributed by atoms with van der Waals surface area (Å²) in [6.45, 7) is 1.91. The van der Waals surface area contributed by atoms with Crippen LogP contribution in [-0.2, 0) is 28.0 Å². The molecule has 0 saturated carbocycles. The summed E-state index contributed by atoms with van der Waals surface area (Å²) in [7, 11) is -2.63. The Morgan fingerprint density at radius 3 is 2.42 bits per heavy atom. The Morgan fingerprint density at radius 2 is 1.85 bits per heavy atom. The van der Waals surface area contributed by atoms with Crippen molar-refractivity contribution in [2.45, 2.75) is 43.3 Å². The van der Waals surface area contributed by atoms with Crippen LogP contribution in [0, 0.1) is 0 Å². The third-order valence-corrected chi connectivity index (χ3v) is 7.25. The maximum absolute atomic E-state index is 13.1. The first-order valence-corrected chi connectivity index (χ1v) is 11.6. The molecule has 2 N–H and O–H groups in total. The van der Waals surface area contributed by atoms with Crippen molar-refractivity contribution in [3.8, 4) is 0 Å². The minimum absolute atomic E-state index is 0.00937. The van der Waals surface area contributed by atoms with Gasteiger partial charge in [0.2, 0.25) is 15.9 Å². The number of rotatable bonds is 6. The average molecular weight is 488 g/mol. The van der Waals surface area contributed by atoms with E-state index in [0.717, 1.165) is 11.1 Å². The Balaban J connectivity index is 1.74. The Morgan fingerprint density at radius 1 is 1.18 bits per heavy atom. The number of aryl methyl sites for hydroxylation is 1. The van der Waals surface area contributed by atoms with Crippen LogP contribution in [0.25, 0.3) is 0 Å². The highest BCUT2D eigenvalue weighted by Gasteiger charge is 2.36. The van der Waals surface area contributed by atoms with E-state index in [9.17, 15) is 31.2 Å². The third-order valence-electron chi connectivity index (χ3n) is 5.28. The number of halogens is 3. The lowest BCUT2D eigenvalue weighted by molar-refractivity contribution is -0.141. The lowest BCUT2D eigenvalue weighted by Crippen LogP contribution is -2.49. The van der Waals surface area contributed by atoms with Crippen LogP contribution in [0.4, 0.5) is 18.9 Å². The number of amides is 2. The van der Waals surface area contributed by atoms with Gasteiger partial charge >= 0.3 is 6.18 Å². The number of aromatic nitrogens is 2. The molecule has 1 aromatic heterocycles. The Bertz CT molecular complexity index is 1130. The third kappa shape index (κ3) is 5.71. The zero-order chi connectivity index (χ0) is 24.4. The number of piperidine rings is 1. The SMILES string of the molecule is CC(=O)NCC1CCCCN1S(=O)(=O)c1ccc(NC(=O)c2cc(C(F)(F)F)nn2C)cc1. The molecule has 0 aliphatic carbocycles. The normalized spacial score (nSPS) is 17.5. The van der Waals surface area contributed by atoms with Crippen molar-refractivity contribution >= 4 is 27.5 Å². The molecule has 1 unspecified atom stereocenters. The molecule has 9 nitrogen and oxygen atoms in total. The van der Waals surface area contributed by atoms with Crippen LogP contribution in [-0.4, -0.2) is 53.4 Å². The van der Waals surface area contributed by atoms with Gasteiger partial charge in [-0.25, -0.2) is 8.42 Å². The van der Waals surface area contributed by atoms with E-state index in [1.807, 2.05) is 0 Å². The molecule has 3 rings (SSSR count). The van der Waals surface area contributed by atoms with Crippen molar-refractivity contribution in [2.75, 3.05) is 18.4 Å². The van der Waals surface area contributed by atoms with Crippen molar-refractivity contribution in [1.29, 1.82) is 0 Å². The zero-order valence-electron chi connectivity index (χ0n) is 18.0. The maximum atomic E-state index is 13.1. The molecule has 180 valence electrons. The molecule has 0 radical (unpaired) electrons. The number of nitrogens with zero attached hydrogens (tertiary/aromatic N) is 3. The predicted octanol–water partition coefficient (Wildman–Crippen LogP) is 2.37. The van der Waals surface area contributed by atoms with Crippen molar-refractivity contribution < 1.29 is 31.2 Å². The number of anilines is 1. The monoisotopic (exact) mass is 487 g/mol. The van der Waals surface area contributed by atoms with Gasteiger partial charge in [-0.2, -0.15) is 22.6 Å². The van der Waals surface area contributed by atoms with Gasteiger partial charge in [-0.1, -0.05) is 6.42 Å². The fraction of sp³-hybridized carbons (Fsp3) is 0.450. The maximum Gasteiger partial charge on any atom is 0.435 e. The van der Waals surface area contributed by atoms with Crippen LogP contribution in [0.5, 0.6) is 0 Å².